The van der Waals surface area contributed by atoms with E-state index < -0.39 is 28.9 Å². The monoisotopic (exact) mass is 252 g/mol. The number of carbonyl (C=O) groups is 2. The fraction of sp³-hybridized carbons (Fsp3) is 0.750. The van der Waals surface area contributed by atoms with Gasteiger partial charge in [-0.05, 0) is 6.42 Å². The Morgan fingerprint density at radius 3 is 2.50 bits per heavy atom. The number of carboxylic acids is 1. The molecule has 8 heteroatoms. The number of carboxylic acid groups (broad SMARTS) is 1. The molecule has 0 rings (SSSR count). The average Bonchev–Trinajstić information content (AvgIpc) is 2.20. The molecule has 94 valence electrons. The largest absolute Gasteiger partial charge is 0.479 e. The molecule has 0 spiro atoms. The third-order valence-corrected chi connectivity index (χ3v) is 2.50. The summed E-state index contributed by atoms with van der Waals surface area (Å²) in [5.74, 6) is -0.889. The fourth-order valence-electron chi connectivity index (χ4n) is 0.817. The van der Waals surface area contributed by atoms with Gasteiger partial charge in [-0.25, -0.2) is 9.59 Å². The number of aliphatic hydroxyl groups excluding tert-OH is 1. The van der Waals surface area contributed by atoms with Gasteiger partial charge in [-0.15, -0.1) is 0 Å². The minimum atomic E-state index is -1.60. The van der Waals surface area contributed by atoms with Gasteiger partial charge in [0.15, 0.2) is 6.10 Å². The van der Waals surface area contributed by atoms with Crippen LogP contribution < -0.4 is 10.6 Å². The van der Waals surface area contributed by atoms with E-state index in [2.05, 4.69) is 10.6 Å². The van der Waals surface area contributed by atoms with Crippen LogP contribution in [-0.2, 0) is 15.6 Å². The highest BCUT2D eigenvalue weighted by Gasteiger charge is 2.13. The second kappa shape index (κ2) is 8.05. The van der Waals surface area contributed by atoms with Crippen molar-refractivity contribution in [1.29, 1.82) is 0 Å². The van der Waals surface area contributed by atoms with Gasteiger partial charge in [0.05, 0.1) is 6.54 Å². The van der Waals surface area contributed by atoms with Crippen molar-refractivity contribution >= 4 is 22.8 Å². The summed E-state index contributed by atoms with van der Waals surface area (Å²) in [6, 6.07) is -0.554. The number of rotatable bonds is 7. The Balaban J connectivity index is 3.52. The van der Waals surface area contributed by atoms with Gasteiger partial charge in [0.2, 0.25) is 0 Å². The van der Waals surface area contributed by atoms with Gasteiger partial charge in [0, 0.05) is 29.4 Å². The molecular weight excluding hydrogens is 236 g/mol. The lowest BCUT2D eigenvalue weighted by Crippen LogP contribution is -2.42. The number of amides is 2. The molecule has 0 aromatic carbocycles. The van der Waals surface area contributed by atoms with E-state index in [1.165, 1.54) is 0 Å². The van der Waals surface area contributed by atoms with Crippen molar-refractivity contribution in [2.45, 2.75) is 12.5 Å². The van der Waals surface area contributed by atoms with Crippen molar-refractivity contribution in [3.8, 4) is 0 Å². The molecule has 7 nitrogen and oxygen atoms in total. The summed E-state index contributed by atoms with van der Waals surface area (Å²) in [6.07, 6.45) is 0.551. The average molecular weight is 252 g/mol. The van der Waals surface area contributed by atoms with Crippen molar-refractivity contribution in [3.05, 3.63) is 0 Å². The topological polar surface area (TPSA) is 116 Å². The summed E-state index contributed by atoms with van der Waals surface area (Å²) >= 11 is 0. The van der Waals surface area contributed by atoms with Gasteiger partial charge in [0.1, 0.15) is 0 Å². The Morgan fingerprint density at radius 2 is 2.00 bits per heavy atom. The molecule has 1 unspecified atom stereocenters. The van der Waals surface area contributed by atoms with Crippen LogP contribution in [0.25, 0.3) is 0 Å². The van der Waals surface area contributed by atoms with Crippen molar-refractivity contribution in [3.63, 3.8) is 0 Å². The molecule has 0 aromatic rings. The molecule has 0 radical (unpaired) electrons. The highest BCUT2D eigenvalue weighted by molar-refractivity contribution is 7.84. The zero-order valence-electron chi connectivity index (χ0n) is 8.93. The van der Waals surface area contributed by atoms with E-state index in [1.54, 1.807) is 6.26 Å². The molecule has 0 aliphatic carbocycles. The van der Waals surface area contributed by atoms with E-state index in [-0.39, 0.29) is 6.54 Å². The quantitative estimate of drug-likeness (QED) is 0.411. The molecule has 0 bridgehead atoms. The van der Waals surface area contributed by atoms with Crippen molar-refractivity contribution < 1.29 is 24.0 Å². The van der Waals surface area contributed by atoms with Crippen molar-refractivity contribution in [2.75, 3.05) is 25.1 Å². The predicted octanol–water partition coefficient (Wildman–Crippen LogP) is -1.50. The van der Waals surface area contributed by atoms with Crippen LogP contribution in [0.4, 0.5) is 4.79 Å². The van der Waals surface area contributed by atoms with Gasteiger partial charge in [-0.1, -0.05) is 0 Å². The molecule has 0 saturated carbocycles. The minimum Gasteiger partial charge on any atom is -0.479 e. The Kier molecular flexibility index (Phi) is 7.48. The number of hydrogen-bond donors (Lipinski definition) is 4. The van der Waals surface area contributed by atoms with E-state index in [1.807, 2.05) is 0 Å². The Labute approximate surface area is 95.7 Å². The number of aliphatic carboxylic acids is 1. The highest BCUT2D eigenvalue weighted by atomic mass is 32.2. The highest BCUT2D eigenvalue weighted by Crippen LogP contribution is 1.82. The summed E-state index contributed by atoms with van der Waals surface area (Å²) in [7, 11) is -0.887. The standard InChI is InChI=1S/C8H16N2O5S/c1-16(15)4-2-3-9-8(14)10-5-6(11)7(12)13/h6,11H,2-5H2,1H3,(H,12,13)(H2,9,10,14)/t6-,16?/m0/s1. The maximum atomic E-state index is 11.0. The van der Waals surface area contributed by atoms with Gasteiger partial charge < -0.3 is 20.8 Å². The summed E-state index contributed by atoms with van der Waals surface area (Å²) < 4.78 is 10.7. The van der Waals surface area contributed by atoms with Gasteiger partial charge in [-0.2, -0.15) is 0 Å². The van der Waals surface area contributed by atoms with Crippen LogP contribution in [0.3, 0.4) is 0 Å². The lowest BCUT2D eigenvalue weighted by atomic mass is 10.4. The van der Waals surface area contributed by atoms with E-state index in [0.29, 0.717) is 18.7 Å². The Morgan fingerprint density at radius 1 is 1.38 bits per heavy atom. The normalized spacial score (nSPS) is 13.9. The molecule has 16 heavy (non-hydrogen) atoms. The zero-order chi connectivity index (χ0) is 12.6. The van der Waals surface area contributed by atoms with Gasteiger partial charge >= 0.3 is 12.0 Å². The predicted molar refractivity (Wildman–Crippen MR) is 58.6 cm³/mol. The van der Waals surface area contributed by atoms with Crippen molar-refractivity contribution in [2.24, 2.45) is 0 Å². The molecule has 0 aromatic heterocycles. The third kappa shape index (κ3) is 8.18. The molecular formula is C8H16N2O5S. The van der Waals surface area contributed by atoms with E-state index in [0.717, 1.165) is 0 Å². The number of nitrogens with one attached hydrogen (secondary N) is 2. The van der Waals surface area contributed by atoms with Crippen LogP contribution in [0.2, 0.25) is 0 Å². The van der Waals surface area contributed by atoms with Crippen LogP contribution in [0.1, 0.15) is 6.42 Å². The molecule has 0 heterocycles. The fourth-order valence-corrected chi connectivity index (χ4v) is 1.37. The van der Waals surface area contributed by atoms with E-state index >= 15 is 0 Å². The molecule has 2 amide bonds. The lowest BCUT2D eigenvalue weighted by Gasteiger charge is -2.08. The summed E-state index contributed by atoms with van der Waals surface area (Å²) in [4.78, 5) is 21.2. The molecule has 0 aliphatic heterocycles. The first-order valence-electron chi connectivity index (χ1n) is 4.66. The lowest BCUT2D eigenvalue weighted by molar-refractivity contribution is -0.146. The van der Waals surface area contributed by atoms with Crippen LogP contribution in [0, 0.1) is 0 Å². The maximum Gasteiger partial charge on any atom is 0.334 e. The second-order valence-corrected chi connectivity index (χ2v) is 4.68. The molecule has 0 saturated heterocycles. The van der Waals surface area contributed by atoms with Gasteiger partial charge in [0.25, 0.3) is 0 Å². The maximum absolute atomic E-state index is 11.0. The first-order valence-corrected chi connectivity index (χ1v) is 6.38. The van der Waals surface area contributed by atoms with Crippen LogP contribution in [0.5, 0.6) is 0 Å². The Hall–Kier alpha value is -1.15. The number of carbonyl (C=O) groups excluding carboxylic acids is 1. The first kappa shape index (κ1) is 14.8. The Bertz CT molecular complexity index is 271. The smallest absolute Gasteiger partial charge is 0.334 e. The van der Waals surface area contributed by atoms with E-state index in [9.17, 15) is 13.8 Å². The SMILES string of the molecule is CS(=O)CCCNC(=O)NC[C@H](O)C(=O)O. The number of urea groups is 1. The van der Waals surface area contributed by atoms with Crippen LogP contribution in [0.15, 0.2) is 0 Å². The first-order chi connectivity index (χ1) is 7.43. The molecule has 0 fully saturated rings. The van der Waals surface area contributed by atoms with Crippen molar-refractivity contribution in [1.82, 2.24) is 10.6 Å². The number of hydrogen-bond acceptors (Lipinski definition) is 4. The summed E-state index contributed by atoms with van der Waals surface area (Å²) in [5.41, 5.74) is 0. The molecule has 4 N–H and O–H groups in total. The molecule has 2 atom stereocenters. The van der Waals surface area contributed by atoms with Crippen LogP contribution >= 0.6 is 0 Å². The molecule has 0 aliphatic rings. The number of aliphatic hydroxyl groups is 1. The van der Waals surface area contributed by atoms with Crippen LogP contribution in [-0.4, -0.2) is 57.6 Å². The second-order valence-electron chi connectivity index (χ2n) is 3.12. The zero-order valence-corrected chi connectivity index (χ0v) is 9.75. The summed E-state index contributed by atoms with van der Waals surface area (Å²) in [5, 5.41) is 21.8. The third-order valence-electron chi connectivity index (χ3n) is 1.64. The van der Waals surface area contributed by atoms with Gasteiger partial charge in [-0.3, -0.25) is 4.21 Å². The van der Waals surface area contributed by atoms with E-state index in [4.69, 9.17) is 10.2 Å². The minimum absolute atomic E-state index is 0.346. The summed E-state index contributed by atoms with van der Waals surface area (Å²) in [6.45, 7) is 0.00938.